The average molecular weight is 289 g/mol. The van der Waals surface area contributed by atoms with Crippen LogP contribution in [0, 0.1) is 0 Å². The molecule has 0 aromatic heterocycles. The second-order valence-electron chi connectivity index (χ2n) is 5.56. The number of hydrogen-bond donors (Lipinski definition) is 1. The van der Waals surface area contributed by atoms with E-state index in [9.17, 15) is 4.79 Å². The molecule has 0 aliphatic carbocycles. The van der Waals surface area contributed by atoms with Crippen molar-refractivity contribution in [3.8, 4) is 0 Å². The highest BCUT2D eigenvalue weighted by molar-refractivity contribution is 5.77. The van der Waals surface area contributed by atoms with Crippen LogP contribution < -0.4 is 10.2 Å². The van der Waals surface area contributed by atoms with Crippen LogP contribution in [-0.4, -0.2) is 50.1 Å². The molecule has 4 heteroatoms. The number of piperazine rings is 1. The highest BCUT2D eigenvalue weighted by atomic mass is 16.2. The van der Waals surface area contributed by atoms with Crippen LogP contribution >= 0.6 is 0 Å². The van der Waals surface area contributed by atoms with Gasteiger partial charge in [-0.25, -0.2) is 0 Å². The van der Waals surface area contributed by atoms with Crippen molar-refractivity contribution in [2.24, 2.45) is 0 Å². The number of anilines is 1. The summed E-state index contributed by atoms with van der Waals surface area (Å²) in [4.78, 5) is 16.6. The highest BCUT2D eigenvalue weighted by Gasteiger charge is 2.17. The summed E-state index contributed by atoms with van der Waals surface area (Å²) in [5.41, 5.74) is 1.22. The van der Waals surface area contributed by atoms with Crippen LogP contribution in [0.5, 0.6) is 0 Å². The van der Waals surface area contributed by atoms with Gasteiger partial charge in [0.05, 0.1) is 0 Å². The van der Waals surface area contributed by atoms with Gasteiger partial charge in [-0.15, -0.1) is 0 Å². The topological polar surface area (TPSA) is 35.6 Å². The second-order valence-corrected chi connectivity index (χ2v) is 5.56. The van der Waals surface area contributed by atoms with Crippen molar-refractivity contribution in [3.63, 3.8) is 0 Å². The predicted molar refractivity (Wildman–Crippen MR) is 87.6 cm³/mol. The number of carbonyl (C=O) groups is 1. The van der Waals surface area contributed by atoms with Crippen LogP contribution in [-0.2, 0) is 4.79 Å². The number of hydrogen-bond acceptors (Lipinski definition) is 3. The van der Waals surface area contributed by atoms with Gasteiger partial charge in [-0.2, -0.15) is 0 Å². The maximum absolute atomic E-state index is 12.3. The molecule has 1 aromatic rings. The summed E-state index contributed by atoms with van der Waals surface area (Å²) in [6.45, 7) is 7.57. The summed E-state index contributed by atoms with van der Waals surface area (Å²) in [5.74, 6) is 0.286. The zero-order valence-electron chi connectivity index (χ0n) is 13.1. The van der Waals surface area contributed by atoms with Crippen molar-refractivity contribution in [2.45, 2.75) is 26.2 Å². The Morgan fingerprint density at radius 3 is 2.57 bits per heavy atom. The number of unbranched alkanes of at least 4 members (excludes halogenated alkanes) is 1. The first-order valence-electron chi connectivity index (χ1n) is 8.09. The summed E-state index contributed by atoms with van der Waals surface area (Å²) < 4.78 is 0. The van der Waals surface area contributed by atoms with E-state index in [1.807, 2.05) is 11.0 Å². The number of nitrogens with zero attached hydrogens (tertiary/aromatic N) is 2. The number of benzene rings is 1. The monoisotopic (exact) mass is 289 g/mol. The number of nitrogens with one attached hydrogen (secondary N) is 1. The van der Waals surface area contributed by atoms with Crippen molar-refractivity contribution < 1.29 is 4.79 Å². The Kier molecular flexibility index (Phi) is 6.54. The van der Waals surface area contributed by atoms with Crippen LogP contribution in [0.15, 0.2) is 30.3 Å². The van der Waals surface area contributed by atoms with E-state index in [2.05, 4.69) is 41.4 Å². The van der Waals surface area contributed by atoms with Crippen LogP contribution in [0.4, 0.5) is 5.69 Å². The zero-order valence-corrected chi connectivity index (χ0v) is 13.1. The molecule has 0 bridgehead atoms. The Morgan fingerprint density at radius 1 is 1.19 bits per heavy atom. The first kappa shape index (κ1) is 15.8. The molecular formula is C17H27N3O. The Hall–Kier alpha value is -1.55. The highest BCUT2D eigenvalue weighted by Crippen LogP contribution is 2.15. The summed E-state index contributed by atoms with van der Waals surface area (Å²) in [7, 11) is 0. The predicted octanol–water partition coefficient (Wildman–Crippen LogP) is 2.11. The lowest BCUT2D eigenvalue weighted by atomic mass is 10.2. The van der Waals surface area contributed by atoms with Gasteiger partial charge < -0.3 is 15.1 Å². The van der Waals surface area contributed by atoms with Crippen molar-refractivity contribution in [3.05, 3.63) is 30.3 Å². The third kappa shape index (κ3) is 5.05. The summed E-state index contributed by atoms with van der Waals surface area (Å²) in [6.07, 6.45) is 2.95. The molecule has 1 heterocycles. The van der Waals surface area contributed by atoms with Crippen molar-refractivity contribution >= 4 is 11.6 Å². The van der Waals surface area contributed by atoms with Gasteiger partial charge in [0.2, 0.25) is 5.91 Å². The molecule has 0 spiro atoms. The van der Waals surface area contributed by atoms with Crippen molar-refractivity contribution in [1.29, 1.82) is 0 Å². The number of para-hydroxylation sites is 1. The first-order valence-corrected chi connectivity index (χ1v) is 8.09. The van der Waals surface area contributed by atoms with Gasteiger partial charge in [0.15, 0.2) is 0 Å². The molecule has 1 amide bonds. The van der Waals surface area contributed by atoms with Gasteiger partial charge in [0, 0.05) is 51.4 Å². The minimum absolute atomic E-state index is 0.286. The van der Waals surface area contributed by atoms with E-state index in [4.69, 9.17) is 0 Å². The van der Waals surface area contributed by atoms with Crippen LogP contribution in [0.25, 0.3) is 0 Å². The normalized spacial score (nSPS) is 15.0. The number of amides is 1. The molecule has 1 aliphatic heterocycles. The summed E-state index contributed by atoms with van der Waals surface area (Å²) in [5, 5.41) is 3.28. The van der Waals surface area contributed by atoms with Gasteiger partial charge in [0.25, 0.3) is 0 Å². The second kappa shape index (κ2) is 8.67. The molecule has 1 aliphatic rings. The largest absolute Gasteiger partial charge is 0.371 e. The molecule has 1 aromatic carbocycles. The third-order valence-corrected chi connectivity index (χ3v) is 3.97. The lowest BCUT2D eigenvalue weighted by molar-refractivity contribution is -0.131. The van der Waals surface area contributed by atoms with E-state index in [-0.39, 0.29) is 5.91 Å². The van der Waals surface area contributed by atoms with E-state index in [0.717, 1.165) is 45.7 Å². The third-order valence-electron chi connectivity index (χ3n) is 3.97. The Bertz CT molecular complexity index is 415. The summed E-state index contributed by atoms with van der Waals surface area (Å²) >= 11 is 0. The van der Waals surface area contributed by atoms with Crippen LogP contribution in [0.2, 0.25) is 0 Å². The fraction of sp³-hybridized carbons (Fsp3) is 0.588. The summed E-state index contributed by atoms with van der Waals surface area (Å²) in [6, 6.07) is 10.4. The molecule has 0 saturated carbocycles. The SMILES string of the molecule is CCCCN(CCC(=O)N1CCNCC1)c1ccccc1. The molecule has 0 radical (unpaired) electrons. The van der Waals surface area contributed by atoms with E-state index in [0.29, 0.717) is 6.42 Å². The van der Waals surface area contributed by atoms with Crippen molar-refractivity contribution in [1.82, 2.24) is 10.2 Å². The lowest BCUT2D eigenvalue weighted by Crippen LogP contribution is -2.47. The van der Waals surface area contributed by atoms with Gasteiger partial charge >= 0.3 is 0 Å². The Morgan fingerprint density at radius 2 is 1.90 bits per heavy atom. The lowest BCUT2D eigenvalue weighted by Gasteiger charge is -2.29. The quantitative estimate of drug-likeness (QED) is 0.835. The van der Waals surface area contributed by atoms with Crippen LogP contribution in [0.1, 0.15) is 26.2 Å². The maximum Gasteiger partial charge on any atom is 0.224 e. The smallest absolute Gasteiger partial charge is 0.224 e. The van der Waals surface area contributed by atoms with E-state index in [1.54, 1.807) is 0 Å². The van der Waals surface area contributed by atoms with Crippen molar-refractivity contribution in [2.75, 3.05) is 44.2 Å². The van der Waals surface area contributed by atoms with Crippen LogP contribution in [0.3, 0.4) is 0 Å². The number of carbonyl (C=O) groups excluding carboxylic acids is 1. The van der Waals surface area contributed by atoms with E-state index in [1.165, 1.54) is 12.1 Å². The Balaban J connectivity index is 1.87. The molecule has 4 nitrogen and oxygen atoms in total. The van der Waals surface area contributed by atoms with Gasteiger partial charge in [-0.1, -0.05) is 31.5 Å². The minimum Gasteiger partial charge on any atom is -0.371 e. The zero-order chi connectivity index (χ0) is 14.9. The first-order chi connectivity index (χ1) is 10.3. The standard InChI is InChI=1S/C17H27N3O/c1-2-3-12-19(16-7-5-4-6-8-16)13-9-17(21)20-14-10-18-11-15-20/h4-8,18H,2-3,9-15H2,1H3. The molecular weight excluding hydrogens is 262 g/mol. The molecule has 1 N–H and O–H groups in total. The van der Waals surface area contributed by atoms with Gasteiger partial charge in [0.1, 0.15) is 0 Å². The number of rotatable bonds is 7. The molecule has 1 fully saturated rings. The fourth-order valence-electron chi connectivity index (χ4n) is 2.66. The molecule has 116 valence electrons. The fourth-order valence-corrected chi connectivity index (χ4v) is 2.66. The molecule has 0 unspecified atom stereocenters. The van der Waals surface area contributed by atoms with Gasteiger partial charge in [-0.05, 0) is 18.6 Å². The maximum atomic E-state index is 12.3. The average Bonchev–Trinajstić information content (AvgIpc) is 2.56. The molecule has 1 saturated heterocycles. The molecule has 0 atom stereocenters. The molecule has 2 rings (SSSR count). The van der Waals surface area contributed by atoms with Gasteiger partial charge in [-0.3, -0.25) is 4.79 Å². The Labute approximate surface area is 128 Å². The van der Waals surface area contributed by atoms with E-state index < -0.39 is 0 Å². The minimum atomic E-state index is 0.286. The molecule has 21 heavy (non-hydrogen) atoms. The van der Waals surface area contributed by atoms with E-state index >= 15 is 0 Å².